The standard InChI is InChI=1S/C42H24O2/c1-2-12-26-25(11-1)23-35(28-14-4-3-13-27(26)28)39-30-16-5-7-18-32(30)40(33-19-8-6-17-31(33)39)36-24-43-38-22-21-34-29-15-9-10-20-37(29)44-42(34)41(36)38/h1-24H. The van der Waals surface area contributed by atoms with Crippen LogP contribution in [0.25, 0.3) is 98.3 Å². The van der Waals surface area contributed by atoms with Crippen molar-refractivity contribution in [3.63, 3.8) is 0 Å². The average Bonchev–Trinajstić information content (AvgIpc) is 3.68. The first kappa shape index (κ1) is 23.7. The van der Waals surface area contributed by atoms with Crippen LogP contribution >= 0.6 is 0 Å². The lowest BCUT2D eigenvalue weighted by Gasteiger charge is -2.19. The lowest BCUT2D eigenvalue weighted by molar-refractivity contribution is 0.616. The van der Waals surface area contributed by atoms with E-state index in [2.05, 4.69) is 127 Å². The van der Waals surface area contributed by atoms with E-state index in [1.54, 1.807) is 0 Å². The number of furan rings is 2. The smallest absolute Gasteiger partial charge is 0.147 e. The molecule has 10 aromatic rings. The largest absolute Gasteiger partial charge is 0.464 e. The van der Waals surface area contributed by atoms with E-state index in [9.17, 15) is 0 Å². The fraction of sp³-hybridized carbons (Fsp3) is 0. The Bertz CT molecular complexity index is 2720. The fourth-order valence-corrected chi connectivity index (χ4v) is 7.46. The monoisotopic (exact) mass is 560 g/mol. The Kier molecular flexibility index (Phi) is 4.75. The maximum Gasteiger partial charge on any atom is 0.147 e. The van der Waals surface area contributed by atoms with Gasteiger partial charge in [-0.1, -0.05) is 115 Å². The van der Waals surface area contributed by atoms with Crippen LogP contribution in [0.4, 0.5) is 0 Å². The fourth-order valence-electron chi connectivity index (χ4n) is 7.46. The highest BCUT2D eigenvalue weighted by Crippen LogP contribution is 2.49. The normalized spacial score (nSPS) is 12.1. The SMILES string of the molecule is c1ccc2c(c1)cc(-c1c3ccccc3c(-c3coc4ccc5c6ccccc6oc5c34)c3ccccc13)c1ccccc12. The van der Waals surface area contributed by atoms with Gasteiger partial charge < -0.3 is 8.83 Å². The number of hydrogen-bond donors (Lipinski definition) is 0. The van der Waals surface area contributed by atoms with Crippen LogP contribution in [0.3, 0.4) is 0 Å². The summed E-state index contributed by atoms with van der Waals surface area (Å²) < 4.78 is 12.8. The molecule has 0 radical (unpaired) electrons. The summed E-state index contributed by atoms with van der Waals surface area (Å²) in [6.45, 7) is 0. The van der Waals surface area contributed by atoms with Crippen LogP contribution in [0, 0.1) is 0 Å². The number of rotatable bonds is 2. The molecule has 2 heterocycles. The van der Waals surface area contributed by atoms with Crippen molar-refractivity contribution in [3.8, 4) is 22.3 Å². The minimum absolute atomic E-state index is 0.823. The topological polar surface area (TPSA) is 26.3 Å². The zero-order valence-electron chi connectivity index (χ0n) is 23.7. The van der Waals surface area contributed by atoms with Crippen LogP contribution < -0.4 is 0 Å². The Hall–Kier alpha value is -5.86. The minimum atomic E-state index is 0.823. The van der Waals surface area contributed by atoms with Gasteiger partial charge in [-0.25, -0.2) is 0 Å². The number of fused-ring (bicyclic) bond motifs is 10. The maximum absolute atomic E-state index is 6.53. The van der Waals surface area contributed by atoms with E-state index >= 15 is 0 Å². The van der Waals surface area contributed by atoms with Crippen molar-refractivity contribution in [2.45, 2.75) is 0 Å². The van der Waals surface area contributed by atoms with Crippen LogP contribution in [-0.2, 0) is 0 Å². The summed E-state index contributed by atoms with van der Waals surface area (Å²) in [5.41, 5.74) is 7.28. The van der Waals surface area contributed by atoms with E-state index in [1.165, 1.54) is 54.2 Å². The van der Waals surface area contributed by atoms with E-state index < -0.39 is 0 Å². The number of para-hydroxylation sites is 1. The van der Waals surface area contributed by atoms with E-state index in [4.69, 9.17) is 8.83 Å². The van der Waals surface area contributed by atoms with Crippen LogP contribution in [0.2, 0.25) is 0 Å². The van der Waals surface area contributed by atoms with Crippen molar-refractivity contribution in [2.75, 3.05) is 0 Å². The van der Waals surface area contributed by atoms with Crippen molar-refractivity contribution in [2.24, 2.45) is 0 Å². The van der Waals surface area contributed by atoms with Gasteiger partial charge in [0.2, 0.25) is 0 Å². The molecule has 0 bridgehead atoms. The van der Waals surface area contributed by atoms with Gasteiger partial charge in [0.05, 0.1) is 11.6 Å². The summed E-state index contributed by atoms with van der Waals surface area (Å²) in [4.78, 5) is 0. The highest BCUT2D eigenvalue weighted by molar-refractivity contribution is 6.28. The van der Waals surface area contributed by atoms with Gasteiger partial charge in [-0.2, -0.15) is 0 Å². The molecule has 2 heteroatoms. The third-order valence-corrected chi connectivity index (χ3v) is 9.32. The first-order valence-corrected chi connectivity index (χ1v) is 15.0. The van der Waals surface area contributed by atoms with Crippen LogP contribution in [0.5, 0.6) is 0 Å². The van der Waals surface area contributed by atoms with Gasteiger partial charge in [0, 0.05) is 21.9 Å². The molecule has 2 aromatic heterocycles. The predicted molar refractivity (Wildman–Crippen MR) is 184 cm³/mol. The molecule has 0 aliphatic heterocycles. The van der Waals surface area contributed by atoms with Crippen molar-refractivity contribution in [3.05, 3.63) is 146 Å². The molecule has 0 spiro atoms. The van der Waals surface area contributed by atoms with Crippen molar-refractivity contribution in [1.29, 1.82) is 0 Å². The Labute approximate surface area is 252 Å². The predicted octanol–water partition coefficient (Wildman–Crippen LogP) is 12.3. The molecular formula is C42H24O2. The molecule has 0 atom stereocenters. The van der Waals surface area contributed by atoms with Crippen LogP contribution in [0.1, 0.15) is 0 Å². The average molecular weight is 561 g/mol. The first-order valence-electron chi connectivity index (χ1n) is 15.0. The second kappa shape index (κ2) is 8.82. The second-order valence-electron chi connectivity index (χ2n) is 11.6. The van der Waals surface area contributed by atoms with Crippen molar-refractivity contribution >= 4 is 76.0 Å². The lowest BCUT2D eigenvalue weighted by atomic mass is 9.83. The van der Waals surface area contributed by atoms with Gasteiger partial charge in [-0.05, 0) is 78.5 Å². The van der Waals surface area contributed by atoms with Gasteiger partial charge >= 0.3 is 0 Å². The van der Waals surface area contributed by atoms with Gasteiger partial charge in [0.1, 0.15) is 16.7 Å². The Morgan fingerprint density at radius 1 is 0.364 bits per heavy atom. The van der Waals surface area contributed by atoms with E-state index in [0.717, 1.165) is 44.0 Å². The Morgan fingerprint density at radius 2 is 0.909 bits per heavy atom. The molecule has 10 rings (SSSR count). The summed E-state index contributed by atoms with van der Waals surface area (Å²) >= 11 is 0. The maximum atomic E-state index is 6.53. The molecule has 0 N–H and O–H groups in total. The summed E-state index contributed by atoms with van der Waals surface area (Å²) in [7, 11) is 0. The molecular weight excluding hydrogens is 536 g/mol. The molecule has 0 saturated carbocycles. The molecule has 204 valence electrons. The zero-order chi connectivity index (χ0) is 28.8. The summed E-state index contributed by atoms with van der Waals surface area (Å²) in [6.07, 6.45) is 1.91. The number of benzene rings is 8. The molecule has 0 unspecified atom stereocenters. The molecule has 0 aliphatic carbocycles. The van der Waals surface area contributed by atoms with Gasteiger partial charge in [-0.15, -0.1) is 0 Å². The van der Waals surface area contributed by atoms with Gasteiger partial charge in [0.15, 0.2) is 0 Å². The van der Waals surface area contributed by atoms with Crippen molar-refractivity contribution in [1.82, 2.24) is 0 Å². The van der Waals surface area contributed by atoms with Crippen LogP contribution in [-0.4, -0.2) is 0 Å². The molecule has 8 aromatic carbocycles. The van der Waals surface area contributed by atoms with E-state index in [-0.39, 0.29) is 0 Å². The molecule has 0 aliphatic rings. The summed E-state index contributed by atoms with van der Waals surface area (Å²) in [5.74, 6) is 0. The quantitative estimate of drug-likeness (QED) is 0.155. The van der Waals surface area contributed by atoms with Gasteiger partial charge in [0.25, 0.3) is 0 Å². The molecule has 2 nitrogen and oxygen atoms in total. The highest BCUT2D eigenvalue weighted by atomic mass is 16.3. The third-order valence-electron chi connectivity index (χ3n) is 9.32. The minimum Gasteiger partial charge on any atom is -0.464 e. The third kappa shape index (κ3) is 3.14. The highest BCUT2D eigenvalue weighted by Gasteiger charge is 2.23. The van der Waals surface area contributed by atoms with Gasteiger partial charge in [-0.3, -0.25) is 0 Å². The Morgan fingerprint density at radius 3 is 1.61 bits per heavy atom. The second-order valence-corrected chi connectivity index (χ2v) is 11.6. The molecule has 0 fully saturated rings. The molecule has 0 saturated heterocycles. The zero-order valence-corrected chi connectivity index (χ0v) is 23.7. The van der Waals surface area contributed by atoms with Crippen LogP contribution in [0.15, 0.2) is 155 Å². The van der Waals surface area contributed by atoms with E-state index in [0.29, 0.717) is 0 Å². The lowest BCUT2D eigenvalue weighted by Crippen LogP contribution is -1.92. The van der Waals surface area contributed by atoms with E-state index in [1.807, 2.05) is 18.4 Å². The van der Waals surface area contributed by atoms with Crippen molar-refractivity contribution < 1.29 is 8.83 Å². The summed E-state index contributed by atoms with van der Waals surface area (Å²) in [6, 6.07) is 49.9. The Balaban J connectivity index is 1.38. The molecule has 44 heavy (non-hydrogen) atoms. The number of hydrogen-bond acceptors (Lipinski definition) is 2. The molecule has 0 amide bonds. The summed E-state index contributed by atoms with van der Waals surface area (Å²) in [5, 5.41) is 13.1. The first-order chi connectivity index (χ1) is 21.8.